The largest absolute Gasteiger partial charge is 0.477 e. The zero-order chi connectivity index (χ0) is 14.1. The first kappa shape index (κ1) is 13.5. The van der Waals surface area contributed by atoms with Crippen molar-refractivity contribution in [2.75, 3.05) is 19.6 Å². The standard InChI is InChI=1S/C15H21N3O2/c1-11-8-17-6-2-3-13(17)10-18(11)9-12-4-5-16-14(7-12)15(19)20/h4-5,7,11,13H,2-3,6,8-10H2,1H3,(H,19,20). The fraction of sp³-hybridized carbons (Fsp3) is 0.600. The van der Waals surface area contributed by atoms with Crippen LogP contribution in [0.25, 0.3) is 0 Å². The predicted octanol–water partition coefficient (Wildman–Crippen LogP) is 1.45. The molecule has 0 saturated carbocycles. The van der Waals surface area contributed by atoms with Gasteiger partial charge in [0.1, 0.15) is 5.69 Å². The lowest BCUT2D eigenvalue weighted by atomic mass is 10.1. The number of hydrogen-bond donors (Lipinski definition) is 1. The van der Waals surface area contributed by atoms with Gasteiger partial charge in [-0.25, -0.2) is 9.78 Å². The average molecular weight is 275 g/mol. The normalized spacial score (nSPS) is 27.4. The summed E-state index contributed by atoms with van der Waals surface area (Å²) in [6, 6.07) is 4.81. The van der Waals surface area contributed by atoms with E-state index in [1.807, 2.05) is 6.07 Å². The van der Waals surface area contributed by atoms with E-state index in [0.717, 1.165) is 25.2 Å². The van der Waals surface area contributed by atoms with Crippen molar-refractivity contribution in [2.45, 2.75) is 38.4 Å². The van der Waals surface area contributed by atoms with Crippen molar-refractivity contribution < 1.29 is 9.90 Å². The number of aromatic nitrogens is 1. The maximum Gasteiger partial charge on any atom is 0.354 e. The van der Waals surface area contributed by atoms with Crippen molar-refractivity contribution >= 4 is 5.97 Å². The summed E-state index contributed by atoms with van der Waals surface area (Å²) in [6.07, 6.45) is 4.19. The Balaban J connectivity index is 1.70. The van der Waals surface area contributed by atoms with Gasteiger partial charge in [-0.2, -0.15) is 0 Å². The van der Waals surface area contributed by atoms with Crippen molar-refractivity contribution in [3.63, 3.8) is 0 Å². The average Bonchev–Trinajstić information content (AvgIpc) is 2.86. The molecule has 2 unspecified atom stereocenters. The van der Waals surface area contributed by atoms with E-state index in [9.17, 15) is 4.79 Å². The highest BCUT2D eigenvalue weighted by Gasteiger charge is 2.34. The molecule has 3 heterocycles. The Morgan fingerprint density at radius 3 is 3.15 bits per heavy atom. The van der Waals surface area contributed by atoms with Gasteiger partial charge in [-0.05, 0) is 44.0 Å². The van der Waals surface area contributed by atoms with Gasteiger partial charge in [0, 0.05) is 37.9 Å². The van der Waals surface area contributed by atoms with Gasteiger partial charge in [-0.3, -0.25) is 9.80 Å². The molecule has 2 aliphatic heterocycles. The molecular weight excluding hydrogens is 254 g/mol. The molecule has 0 radical (unpaired) electrons. The third-order valence-corrected chi connectivity index (χ3v) is 4.50. The van der Waals surface area contributed by atoms with Crippen LogP contribution < -0.4 is 0 Å². The minimum Gasteiger partial charge on any atom is -0.477 e. The summed E-state index contributed by atoms with van der Waals surface area (Å²) >= 11 is 0. The molecule has 2 atom stereocenters. The Labute approximate surface area is 119 Å². The molecule has 0 bridgehead atoms. The summed E-state index contributed by atoms with van der Waals surface area (Å²) in [5.74, 6) is -0.958. The van der Waals surface area contributed by atoms with E-state index in [1.165, 1.54) is 19.4 Å². The molecule has 2 aliphatic rings. The Morgan fingerprint density at radius 1 is 1.50 bits per heavy atom. The predicted molar refractivity (Wildman–Crippen MR) is 75.7 cm³/mol. The third-order valence-electron chi connectivity index (χ3n) is 4.50. The lowest BCUT2D eigenvalue weighted by Crippen LogP contribution is -2.54. The van der Waals surface area contributed by atoms with Crippen LogP contribution in [0.5, 0.6) is 0 Å². The van der Waals surface area contributed by atoms with E-state index in [1.54, 1.807) is 12.3 Å². The fourth-order valence-electron chi connectivity index (χ4n) is 3.39. The number of hydrogen-bond acceptors (Lipinski definition) is 4. The van der Waals surface area contributed by atoms with Crippen LogP contribution in [0.15, 0.2) is 18.3 Å². The molecule has 0 amide bonds. The van der Waals surface area contributed by atoms with Crippen LogP contribution in [-0.2, 0) is 6.54 Å². The van der Waals surface area contributed by atoms with Crippen LogP contribution in [0.1, 0.15) is 35.8 Å². The van der Waals surface area contributed by atoms with Crippen molar-refractivity contribution in [1.29, 1.82) is 0 Å². The molecule has 2 fully saturated rings. The first-order valence-electron chi connectivity index (χ1n) is 7.30. The lowest BCUT2D eigenvalue weighted by molar-refractivity contribution is 0.0539. The van der Waals surface area contributed by atoms with Gasteiger partial charge in [-0.1, -0.05) is 0 Å². The summed E-state index contributed by atoms with van der Waals surface area (Å²) in [5.41, 5.74) is 1.17. The summed E-state index contributed by atoms with van der Waals surface area (Å²) < 4.78 is 0. The van der Waals surface area contributed by atoms with Crippen molar-refractivity contribution in [3.8, 4) is 0 Å². The molecule has 5 heteroatoms. The molecule has 1 aromatic rings. The molecule has 2 saturated heterocycles. The third kappa shape index (κ3) is 2.69. The number of carboxylic acids is 1. The SMILES string of the molecule is CC1CN2CCCC2CN1Cc1ccnc(C(=O)O)c1. The minimum absolute atomic E-state index is 0.134. The number of nitrogens with zero attached hydrogens (tertiary/aromatic N) is 3. The quantitative estimate of drug-likeness (QED) is 0.905. The van der Waals surface area contributed by atoms with Gasteiger partial charge in [-0.15, -0.1) is 0 Å². The summed E-state index contributed by atoms with van der Waals surface area (Å²) in [4.78, 5) is 19.9. The summed E-state index contributed by atoms with van der Waals surface area (Å²) in [5, 5.41) is 9.01. The van der Waals surface area contributed by atoms with Crippen LogP contribution in [0, 0.1) is 0 Å². The zero-order valence-electron chi connectivity index (χ0n) is 11.8. The van der Waals surface area contributed by atoms with Crippen LogP contribution in [0.2, 0.25) is 0 Å². The molecule has 0 spiro atoms. The van der Waals surface area contributed by atoms with E-state index in [2.05, 4.69) is 21.7 Å². The molecular formula is C15H21N3O2. The smallest absolute Gasteiger partial charge is 0.354 e. The van der Waals surface area contributed by atoms with Gasteiger partial charge in [0.05, 0.1) is 0 Å². The van der Waals surface area contributed by atoms with Gasteiger partial charge in [0.2, 0.25) is 0 Å². The topological polar surface area (TPSA) is 56.7 Å². The van der Waals surface area contributed by atoms with Crippen molar-refractivity contribution in [1.82, 2.24) is 14.8 Å². The second-order valence-corrected chi connectivity index (χ2v) is 5.92. The second kappa shape index (κ2) is 5.50. The van der Waals surface area contributed by atoms with Crippen LogP contribution in [-0.4, -0.2) is 57.6 Å². The number of piperazine rings is 1. The monoisotopic (exact) mass is 275 g/mol. The van der Waals surface area contributed by atoms with E-state index < -0.39 is 5.97 Å². The highest BCUT2D eigenvalue weighted by Crippen LogP contribution is 2.25. The lowest BCUT2D eigenvalue weighted by Gasteiger charge is -2.42. The van der Waals surface area contributed by atoms with Gasteiger partial charge in [0.25, 0.3) is 0 Å². The maximum absolute atomic E-state index is 11.0. The second-order valence-electron chi connectivity index (χ2n) is 5.92. The number of rotatable bonds is 3. The van der Waals surface area contributed by atoms with Crippen LogP contribution in [0.3, 0.4) is 0 Å². The van der Waals surface area contributed by atoms with Gasteiger partial charge in [0.15, 0.2) is 0 Å². The fourth-order valence-corrected chi connectivity index (χ4v) is 3.39. The maximum atomic E-state index is 11.0. The highest BCUT2D eigenvalue weighted by atomic mass is 16.4. The minimum atomic E-state index is -0.958. The number of carbonyl (C=O) groups is 1. The molecule has 0 aromatic carbocycles. The summed E-state index contributed by atoms with van der Waals surface area (Å²) in [6.45, 7) is 6.52. The first-order chi connectivity index (χ1) is 9.63. The molecule has 1 aromatic heterocycles. The Kier molecular flexibility index (Phi) is 3.72. The number of pyridine rings is 1. The molecule has 3 rings (SSSR count). The molecule has 108 valence electrons. The summed E-state index contributed by atoms with van der Waals surface area (Å²) in [7, 11) is 0. The van der Waals surface area contributed by atoms with Crippen molar-refractivity contribution in [2.24, 2.45) is 0 Å². The van der Waals surface area contributed by atoms with Crippen LogP contribution >= 0.6 is 0 Å². The molecule has 1 N–H and O–H groups in total. The molecule has 0 aliphatic carbocycles. The number of fused-ring (bicyclic) bond motifs is 1. The van der Waals surface area contributed by atoms with Crippen LogP contribution in [0.4, 0.5) is 0 Å². The number of carboxylic acid groups (broad SMARTS) is 1. The Hall–Kier alpha value is -1.46. The van der Waals surface area contributed by atoms with Crippen molar-refractivity contribution in [3.05, 3.63) is 29.6 Å². The molecule has 5 nitrogen and oxygen atoms in total. The Bertz CT molecular complexity index is 506. The first-order valence-corrected chi connectivity index (χ1v) is 7.30. The van der Waals surface area contributed by atoms with E-state index in [4.69, 9.17) is 5.11 Å². The van der Waals surface area contributed by atoms with E-state index in [-0.39, 0.29) is 5.69 Å². The molecule has 20 heavy (non-hydrogen) atoms. The van der Waals surface area contributed by atoms with E-state index >= 15 is 0 Å². The van der Waals surface area contributed by atoms with Gasteiger partial charge < -0.3 is 5.11 Å². The highest BCUT2D eigenvalue weighted by molar-refractivity contribution is 5.85. The van der Waals surface area contributed by atoms with E-state index in [0.29, 0.717) is 12.1 Å². The zero-order valence-corrected chi connectivity index (χ0v) is 11.8. The van der Waals surface area contributed by atoms with Gasteiger partial charge >= 0.3 is 5.97 Å². The Morgan fingerprint density at radius 2 is 2.35 bits per heavy atom. The number of aromatic carboxylic acids is 1.